The summed E-state index contributed by atoms with van der Waals surface area (Å²) in [5.74, 6) is -2.29. The number of hydrogen-bond donors (Lipinski definition) is 2. The van der Waals surface area contributed by atoms with Crippen LogP contribution in [0.1, 0.15) is 23.2 Å². The maximum Gasteiger partial charge on any atom is 0.257 e. The van der Waals surface area contributed by atoms with Gasteiger partial charge < -0.3 is 15.7 Å². The molecule has 1 atom stereocenters. The molecule has 1 saturated heterocycles. The highest BCUT2D eigenvalue weighted by Crippen LogP contribution is 2.24. The van der Waals surface area contributed by atoms with Crippen molar-refractivity contribution >= 4 is 11.6 Å². The smallest absolute Gasteiger partial charge is 0.257 e. The van der Waals surface area contributed by atoms with Gasteiger partial charge in [0.05, 0.1) is 23.9 Å². The molecule has 2 rings (SSSR count). The van der Waals surface area contributed by atoms with E-state index in [4.69, 9.17) is 10.8 Å². The fourth-order valence-electron chi connectivity index (χ4n) is 2.21. The number of nitrogens with two attached hydrogens (primary N) is 1. The largest absolute Gasteiger partial charge is 0.396 e. The molecule has 1 aromatic rings. The highest BCUT2D eigenvalue weighted by atomic mass is 19.1. The van der Waals surface area contributed by atoms with Crippen molar-refractivity contribution in [1.82, 2.24) is 4.90 Å². The fraction of sp³-hybridized carbons (Fsp3) is 0.417. The number of carbonyl (C=O) groups excluding carboxylic acids is 1. The van der Waals surface area contributed by atoms with E-state index in [-0.39, 0.29) is 18.2 Å². The van der Waals surface area contributed by atoms with Crippen LogP contribution in [-0.4, -0.2) is 35.1 Å². The second-order valence-corrected chi connectivity index (χ2v) is 4.33. The SMILES string of the molecule is Nc1cc(F)cc(C(=O)N2CCCC2CO)c1F. The summed E-state index contributed by atoms with van der Waals surface area (Å²) in [5.41, 5.74) is 4.52. The maximum atomic E-state index is 13.7. The van der Waals surface area contributed by atoms with Crippen LogP contribution in [0.3, 0.4) is 0 Å². The zero-order chi connectivity index (χ0) is 13.3. The number of likely N-dealkylation sites (tertiary alicyclic amines) is 1. The first-order valence-corrected chi connectivity index (χ1v) is 5.71. The van der Waals surface area contributed by atoms with Gasteiger partial charge in [0.25, 0.3) is 5.91 Å². The van der Waals surface area contributed by atoms with Crippen LogP contribution in [0.2, 0.25) is 0 Å². The highest BCUT2D eigenvalue weighted by molar-refractivity contribution is 5.95. The van der Waals surface area contributed by atoms with Gasteiger partial charge in [-0.05, 0) is 25.0 Å². The normalized spacial score (nSPS) is 19.3. The van der Waals surface area contributed by atoms with Crippen molar-refractivity contribution in [2.75, 3.05) is 18.9 Å². The van der Waals surface area contributed by atoms with Crippen LogP contribution in [0.4, 0.5) is 14.5 Å². The van der Waals surface area contributed by atoms with Gasteiger partial charge in [-0.1, -0.05) is 0 Å². The van der Waals surface area contributed by atoms with E-state index in [9.17, 15) is 13.6 Å². The first-order valence-electron chi connectivity index (χ1n) is 5.71. The first-order chi connectivity index (χ1) is 8.54. The van der Waals surface area contributed by atoms with E-state index < -0.39 is 23.2 Å². The van der Waals surface area contributed by atoms with Crippen LogP contribution in [0.5, 0.6) is 0 Å². The number of hydrogen-bond acceptors (Lipinski definition) is 3. The van der Waals surface area contributed by atoms with Crippen LogP contribution in [-0.2, 0) is 0 Å². The molecule has 98 valence electrons. The van der Waals surface area contributed by atoms with E-state index >= 15 is 0 Å². The third-order valence-corrected chi connectivity index (χ3v) is 3.14. The van der Waals surface area contributed by atoms with Crippen molar-refractivity contribution in [2.45, 2.75) is 18.9 Å². The average Bonchev–Trinajstić information content (AvgIpc) is 2.81. The maximum absolute atomic E-state index is 13.7. The Kier molecular flexibility index (Phi) is 3.47. The van der Waals surface area contributed by atoms with Crippen molar-refractivity contribution in [2.24, 2.45) is 0 Å². The van der Waals surface area contributed by atoms with Gasteiger partial charge in [-0.25, -0.2) is 8.78 Å². The van der Waals surface area contributed by atoms with Gasteiger partial charge >= 0.3 is 0 Å². The predicted molar refractivity (Wildman–Crippen MR) is 61.9 cm³/mol. The molecule has 3 N–H and O–H groups in total. The summed E-state index contributed by atoms with van der Waals surface area (Å²) in [7, 11) is 0. The molecule has 1 aliphatic rings. The Balaban J connectivity index is 2.34. The molecule has 1 aromatic carbocycles. The monoisotopic (exact) mass is 256 g/mol. The van der Waals surface area contributed by atoms with Gasteiger partial charge in [0.2, 0.25) is 0 Å². The van der Waals surface area contributed by atoms with Gasteiger partial charge in [0, 0.05) is 6.54 Å². The topological polar surface area (TPSA) is 66.6 Å². The summed E-state index contributed by atoms with van der Waals surface area (Å²) in [5, 5.41) is 9.12. The van der Waals surface area contributed by atoms with Gasteiger partial charge in [-0.15, -0.1) is 0 Å². The van der Waals surface area contributed by atoms with E-state index in [0.717, 1.165) is 18.6 Å². The lowest BCUT2D eigenvalue weighted by Crippen LogP contribution is -2.38. The molecular formula is C12H14F2N2O2. The third kappa shape index (κ3) is 2.15. The predicted octanol–water partition coefficient (Wildman–Crippen LogP) is 1.14. The Morgan fingerprint density at radius 1 is 1.50 bits per heavy atom. The molecule has 0 bridgehead atoms. The minimum Gasteiger partial charge on any atom is -0.396 e. The summed E-state index contributed by atoms with van der Waals surface area (Å²) in [4.78, 5) is 13.5. The number of rotatable bonds is 2. The van der Waals surface area contributed by atoms with Crippen LogP contribution in [0, 0.1) is 11.6 Å². The van der Waals surface area contributed by atoms with E-state index in [1.165, 1.54) is 4.90 Å². The Morgan fingerprint density at radius 2 is 2.22 bits per heavy atom. The summed E-state index contributed by atoms with van der Waals surface area (Å²) in [6.07, 6.45) is 1.40. The fourth-order valence-corrected chi connectivity index (χ4v) is 2.21. The molecule has 0 saturated carbocycles. The number of halogens is 2. The zero-order valence-corrected chi connectivity index (χ0v) is 9.70. The number of benzene rings is 1. The lowest BCUT2D eigenvalue weighted by Gasteiger charge is -2.23. The molecule has 0 spiro atoms. The second kappa shape index (κ2) is 4.89. The Morgan fingerprint density at radius 3 is 2.89 bits per heavy atom. The molecule has 6 heteroatoms. The van der Waals surface area contributed by atoms with Gasteiger partial charge in [-0.2, -0.15) is 0 Å². The van der Waals surface area contributed by atoms with Crippen molar-refractivity contribution in [3.63, 3.8) is 0 Å². The Labute approximate surface area is 103 Å². The van der Waals surface area contributed by atoms with Gasteiger partial charge in [0.15, 0.2) is 5.82 Å². The standard InChI is InChI=1S/C12H14F2N2O2/c13-7-4-9(11(14)10(15)5-7)12(18)16-3-1-2-8(16)6-17/h4-5,8,17H,1-3,6,15H2. The van der Waals surface area contributed by atoms with Crippen molar-refractivity contribution < 1.29 is 18.7 Å². The van der Waals surface area contributed by atoms with Crippen molar-refractivity contribution in [3.05, 3.63) is 29.3 Å². The third-order valence-electron chi connectivity index (χ3n) is 3.14. The highest BCUT2D eigenvalue weighted by Gasteiger charge is 2.30. The van der Waals surface area contributed by atoms with E-state index in [1.54, 1.807) is 0 Å². The van der Waals surface area contributed by atoms with Crippen LogP contribution in [0.25, 0.3) is 0 Å². The minimum absolute atomic E-state index is 0.182. The number of nitrogen functional groups attached to an aromatic ring is 1. The zero-order valence-electron chi connectivity index (χ0n) is 9.70. The molecule has 0 aromatic heterocycles. The minimum atomic E-state index is -0.912. The van der Waals surface area contributed by atoms with Gasteiger partial charge in [-0.3, -0.25) is 4.79 Å². The number of anilines is 1. The number of aliphatic hydroxyl groups excluding tert-OH is 1. The molecule has 0 aliphatic carbocycles. The Bertz CT molecular complexity index is 479. The number of nitrogens with zero attached hydrogens (tertiary/aromatic N) is 1. The lowest BCUT2D eigenvalue weighted by molar-refractivity contribution is 0.0672. The van der Waals surface area contributed by atoms with Crippen LogP contribution >= 0.6 is 0 Å². The van der Waals surface area contributed by atoms with E-state index in [1.807, 2.05) is 0 Å². The molecule has 1 fully saturated rings. The lowest BCUT2D eigenvalue weighted by atomic mass is 10.1. The van der Waals surface area contributed by atoms with Crippen molar-refractivity contribution in [1.29, 1.82) is 0 Å². The molecule has 4 nitrogen and oxygen atoms in total. The first kappa shape index (κ1) is 12.8. The van der Waals surface area contributed by atoms with Crippen LogP contribution < -0.4 is 5.73 Å². The molecular weight excluding hydrogens is 242 g/mol. The van der Waals surface area contributed by atoms with E-state index in [0.29, 0.717) is 13.0 Å². The number of carbonyl (C=O) groups is 1. The quantitative estimate of drug-likeness (QED) is 0.780. The van der Waals surface area contributed by atoms with Gasteiger partial charge in [0.1, 0.15) is 5.82 Å². The molecule has 18 heavy (non-hydrogen) atoms. The summed E-state index contributed by atoms with van der Waals surface area (Å²) >= 11 is 0. The summed E-state index contributed by atoms with van der Waals surface area (Å²) in [6, 6.07) is 1.34. The van der Waals surface area contributed by atoms with Crippen molar-refractivity contribution in [3.8, 4) is 0 Å². The molecule has 1 unspecified atom stereocenters. The van der Waals surface area contributed by atoms with Crippen LogP contribution in [0.15, 0.2) is 12.1 Å². The van der Waals surface area contributed by atoms with E-state index in [2.05, 4.69) is 0 Å². The Hall–Kier alpha value is -1.69. The molecule has 1 amide bonds. The summed E-state index contributed by atoms with van der Waals surface area (Å²) < 4.78 is 26.9. The number of aliphatic hydroxyl groups is 1. The molecule has 1 aliphatic heterocycles. The average molecular weight is 256 g/mol. The summed E-state index contributed by atoms with van der Waals surface area (Å²) in [6.45, 7) is 0.248. The molecule has 0 radical (unpaired) electrons. The second-order valence-electron chi connectivity index (χ2n) is 4.33. The number of amides is 1. The molecule has 1 heterocycles.